The maximum absolute atomic E-state index is 10.4. The molecule has 0 radical (unpaired) electrons. The Morgan fingerprint density at radius 1 is 1.58 bits per heavy atom. The van der Waals surface area contributed by atoms with E-state index in [2.05, 4.69) is 15.9 Å². The Morgan fingerprint density at radius 2 is 2.25 bits per heavy atom. The molecular weight excluding hydrogens is 220 g/mol. The van der Waals surface area contributed by atoms with Crippen molar-refractivity contribution in [3.8, 4) is 0 Å². The lowest BCUT2D eigenvalue weighted by Gasteiger charge is -2.03. The average molecular weight is 229 g/mol. The number of hydrogen-bond acceptors (Lipinski definition) is 1. The molecule has 1 aromatic rings. The zero-order chi connectivity index (χ0) is 9.14. The van der Waals surface area contributed by atoms with Crippen molar-refractivity contribution in [1.82, 2.24) is 0 Å². The van der Waals surface area contributed by atoms with Gasteiger partial charge in [0.25, 0.3) is 0 Å². The summed E-state index contributed by atoms with van der Waals surface area (Å²) in [7, 11) is 0. The number of rotatable bonds is 2. The molecule has 0 heterocycles. The van der Waals surface area contributed by atoms with Crippen LogP contribution in [0.5, 0.6) is 0 Å². The first-order chi connectivity index (χ1) is 5.61. The quantitative estimate of drug-likeness (QED) is 0.845. The van der Waals surface area contributed by atoms with Crippen LogP contribution in [0, 0.1) is 6.92 Å². The first-order valence-corrected chi connectivity index (χ1v) is 4.36. The largest absolute Gasteiger partial charge is 0.481 e. The highest BCUT2D eigenvalue weighted by Gasteiger charge is 2.04. The SMILES string of the molecule is Cc1c(Br)cccc1CC(=O)O. The summed E-state index contributed by atoms with van der Waals surface area (Å²) in [6.07, 6.45) is 0.0886. The lowest BCUT2D eigenvalue weighted by atomic mass is 10.1. The molecule has 2 nitrogen and oxygen atoms in total. The molecule has 0 bridgehead atoms. The molecule has 3 heteroatoms. The van der Waals surface area contributed by atoms with Crippen molar-refractivity contribution in [3.63, 3.8) is 0 Å². The maximum atomic E-state index is 10.4. The normalized spacial score (nSPS) is 9.83. The predicted octanol–water partition coefficient (Wildman–Crippen LogP) is 2.38. The van der Waals surface area contributed by atoms with Crippen LogP contribution in [-0.4, -0.2) is 11.1 Å². The van der Waals surface area contributed by atoms with E-state index in [0.29, 0.717) is 0 Å². The van der Waals surface area contributed by atoms with Gasteiger partial charge < -0.3 is 5.11 Å². The summed E-state index contributed by atoms with van der Waals surface area (Å²) in [5, 5.41) is 8.57. The molecule has 0 saturated heterocycles. The molecule has 1 rings (SSSR count). The highest BCUT2D eigenvalue weighted by atomic mass is 79.9. The summed E-state index contributed by atoms with van der Waals surface area (Å²) < 4.78 is 0.959. The zero-order valence-electron chi connectivity index (χ0n) is 6.67. The number of carbonyl (C=O) groups is 1. The van der Waals surface area contributed by atoms with Gasteiger partial charge in [-0.05, 0) is 24.1 Å². The highest BCUT2D eigenvalue weighted by molar-refractivity contribution is 9.10. The molecule has 0 spiro atoms. The smallest absolute Gasteiger partial charge is 0.307 e. The number of halogens is 1. The van der Waals surface area contributed by atoms with E-state index in [9.17, 15) is 4.79 Å². The molecule has 64 valence electrons. The van der Waals surface area contributed by atoms with Gasteiger partial charge in [-0.3, -0.25) is 4.79 Å². The van der Waals surface area contributed by atoms with E-state index in [4.69, 9.17) is 5.11 Å². The molecule has 1 N–H and O–H groups in total. The van der Waals surface area contributed by atoms with Crippen LogP contribution in [0.3, 0.4) is 0 Å². The number of aliphatic carboxylic acids is 1. The number of carboxylic acid groups (broad SMARTS) is 1. The van der Waals surface area contributed by atoms with Crippen LogP contribution in [-0.2, 0) is 11.2 Å². The second-order valence-corrected chi connectivity index (χ2v) is 3.45. The Labute approximate surface area is 79.3 Å². The lowest BCUT2D eigenvalue weighted by molar-refractivity contribution is -0.136. The van der Waals surface area contributed by atoms with Crippen molar-refractivity contribution in [2.24, 2.45) is 0 Å². The van der Waals surface area contributed by atoms with E-state index in [-0.39, 0.29) is 6.42 Å². The summed E-state index contributed by atoms with van der Waals surface area (Å²) in [6.45, 7) is 1.91. The molecule has 12 heavy (non-hydrogen) atoms. The minimum absolute atomic E-state index is 0.0886. The van der Waals surface area contributed by atoms with Crippen molar-refractivity contribution in [3.05, 3.63) is 33.8 Å². The summed E-state index contributed by atoms with van der Waals surface area (Å²) in [6, 6.07) is 5.57. The van der Waals surface area contributed by atoms with Crippen LogP contribution in [0.4, 0.5) is 0 Å². The zero-order valence-corrected chi connectivity index (χ0v) is 8.26. The molecule has 0 atom stereocenters. The first-order valence-electron chi connectivity index (χ1n) is 3.57. The van der Waals surface area contributed by atoms with Crippen LogP contribution < -0.4 is 0 Å². The Hall–Kier alpha value is -0.830. The molecule has 0 amide bonds. The van der Waals surface area contributed by atoms with Crippen molar-refractivity contribution < 1.29 is 9.90 Å². The first kappa shape index (κ1) is 9.26. The Kier molecular flexibility index (Phi) is 2.87. The summed E-state index contributed by atoms with van der Waals surface area (Å²) >= 11 is 3.34. The molecular formula is C9H9BrO2. The second-order valence-electron chi connectivity index (χ2n) is 2.59. The topological polar surface area (TPSA) is 37.3 Å². The van der Waals surface area contributed by atoms with Gasteiger partial charge in [-0.15, -0.1) is 0 Å². The van der Waals surface area contributed by atoms with Gasteiger partial charge in [0.2, 0.25) is 0 Å². The van der Waals surface area contributed by atoms with Gasteiger partial charge in [0.15, 0.2) is 0 Å². The third kappa shape index (κ3) is 2.08. The van der Waals surface area contributed by atoms with Gasteiger partial charge >= 0.3 is 5.97 Å². The fourth-order valence-corrected chi connectivity index (χ4v) is 1.41. The van der Waals surface area contributed by atoms with Gasteiger partial charge in [-0.25, -0.2) is 0 Å². The van der Waals surface area contributed by atoms with Crippen molar-refractivity contribution in [1.29, 1.82) is 0 Å². The fourth-order valence-electron chi connectivity index (χ4n) is 1.01. The van der Waals surface area contributed by atoms with E-state index < -0.39 is 5.97 Å². The second kappa shape index (κ2) is 3.72. The number of benzene rings is 1. The molecule has 0 aliphatic rings. The summed E-state index contributed by atoms with van der Waals surface area (Å²) in [5.41, 5.74) is 1.86. The third-order valence-corrected chi connectivity index (χ3v) is 2.58. The van der Waals surface area contributed by atoms with Gasteiger partial charge in [0.05, 0.1) is 6.42 Å². The van der Waals surface area contributed by atoms with Crippen molar-refractivity contribution in [2.45, 2.75) is 13.3 Å². The predicted molar refractivity (Wildman–Crippen MR) is 50.2 cm³/mol. The lowest BCUT2D eigenvalue weighted by Crippen LogP contribution is -2.01. The molecule has 0 unspecified atom stereocenters. The van der Waals surface area contributed by atoms with Crippen LogP contribution >= 0.6 is 15.9 Å². The van der Waals surface area contributed by atoms with E-state index in [0.717, 1.165) is 15.6 Å². The summed E-state index contributed by atoms with van der Waals surface area (Å²) in [5.74, 6) is -0.795. The van der Waals surface area contributed by atoms with Gasteiger partial charge in [0, 0.05) is 4.47 Å². The van der Waals surface area contributed by atoms with Crippen LogP contribution in [0.15, 0.2) is 22.7 Å². The van der Waals surface area contributed by atoms with E-state index in [1.54, 1.807) is 0 Å². The van der Waals surface area contributed by atoms with Crippen molar-refractivity contribution in [2.75, 3.05) is 0 Å². The molecule has 0 saturated carbocycles. The summed E-state index contributed by atoms with van der Waals surface area (Å²) in [4.78, 5) is 10.4. The minimum Gasteiger partial charge on any atom is -0.481 e. The van der Waals surface area contributed by atoms with E-state index >= 15 is 0 Å². The molecule has 0 fully saturated rings. The number of carboxylic acids is 1. The maximum Gasteiger partial charge on any atom is 0.307 e. The van der Waals surface area contributed by atoms with Gasteiger partial charge in [0.1, 0.15) is 0 Å². The Balaban J connectivity index is 3.00. The molecule has 1 aromatic carbocycles. The standard InChI is InChI=1S/C9H9BrO2/c1-6-7(5-9(11)12)3-2-4-8(6)10/h2-4H,5H2,1H3,(H,11,12). The van der Waals surface area contributed by atoms with E-state index in [1.807, 2.05) is 25.1 Å². The van der Waals surface area contributed by atoms with Crippen LogP contribution in [0.1, 0.15) is 11.1 Å². The van der Waals surface area contributed by atoms with Gasteiger partial charge in [-0.1, -0.05) is 28.1 Å². The monoisotopic (exact) mass is 228 g/mol. The Bertz CT molecular complexity index is 307. The van der Waals surface area contributed by atoms with Crippen LogP contribution in [0.25, 0.3) is 0 Å². The van der Waals surface area contributed by atoms with Crippen molar-refractivity contribution >= 4 is 21.9 Å². The third-order valence-electron chi connectivity index (χ3n) is 1.72. The molecule has 0 aliphatic carbocycles. The van der Waals surface area contributed by atoms with E-state index in [1.165, 1.54) is 0 Å². The Morgan fingerprint density at radius 3 is 2.83 bits per heavy atom. The highest BCUT2D eigenvalue weighted by Crippen LogP contribution is 2.19. The fraction of sp³-hybridized carbons (Fsp3) is 0.222. The molecule has 0 aliphatic heterocycles. The van der Waals surface area contributed by atoms with Crippen LogP contribution in [0.2, 0.25) is 0 Å². The minimum atomic E-state index is -0.795. The molecule has 0 aromatic heterocycles. The number of hydrogen-bond donors (Lipinski definition) is 1. The average Bonchev–Trinajstić information content (AvgIpc) is 1.98. The van der Waals surface area contributed by atoms with Gasteiger partial charge in [-0.2, -0.15) is 0 Å².